The van der Waals surface area contributed by atoms with E-state index in [0.717, 1.165) is 0 Å². The van der Waals surface area contributed by atoms with Crippen molar-refractivity contribution in [2.45, 2.75) is 0 Å². The maximum absolute atomic E-state index is 13.6. The molecule has 1 aromatic heterocycles. The van der Waals surface area contributed by atoms with Crippen LogP contribution in [0.3, 0.4) is 0 Å². The monoisotopic (exact) mass is 264 g/mol. The molecule has 2 rings (SSSR count). The summed E-state index contributed by atoms with van der Waals surface area (Å²) in [5, 5.41) is 0.225. The van der Waals surface area contributed by atoms with Gasteiger partial charge in [0, 0.05) is 18.8 Å². The van der Waals surface area contributed by atoms with Crippen molar-refractivity contribution >= 4 is 23.2 Å². The summed E-state index contributed by atoms with van der Waals surface area (Å²) in [6.45, 7) is 0. The lowest BCUT2D eigenvalue weighted by Crippen LogP contribution is -2.27. The molecule has 0 unspecified atom stereocenters. The number of pyridine rings is 1. The minimum absolute atomic E-state index is 0.218. The van der Waals surface area contributed by atoms with Crippen molar-refractivity contribution in [1.82, 2.24) is 4.98 Å². The Morgan fingerprint density at radius 2 is 2.06 bits per heavy atom. The minimum atomic E-state index is -0.450. The van der Waals surface area contributed by atoms with Crippen LogP contribution in [0, 0.1) is 5.82 Å². The van der Waals surface area contributed by atoms with Gasteiger partial charge in [0.2, 0.25) is 0 Å². The van der Waals surface area contributed by atoms with Gasteiger partial charge < -0.3 is 4.90 Å². The van der Waals surface area contributed by atoms with Gasteiger partial charge in [-0.3, -0.25) is 4.79 Å². The third-order valence-corrected chi connectivity index (χ3v) is 2.70. The third kappa shape index (κ3) is 2.49. The topological polar surface area (TPSA) is 33.2 Å². The van der Waals surface area contributed by atoms with Crippen LogP contribution in [0.4, 0.5) is 10.1 Å². The van der Waals surface area contributed by atoms with Gasteiger partial charge in [0.05, 0.1) is 5.69 Å². The summed E-state index contributed by atoms with van der Waals surface area (Å²) >= 11 is 5.71. The number of para-hydroxylation sites is 1. The van der Waals surface area contributed by atoms with E-state index in [4.69, 9.17) is 11.6 Å². The zero-order valence-corrected chi connectivity index (χ0v) is 10.4. The van der Waals surface area contributed by atoms with Gasteiger partial charge in [-0.2, -0.15) is 0 Å². The van der Waals surface area contributed by atoms with Crippen LogP contribution >= 0.6 is 11.6 Å². The van der Waals surface area contributed by atoms with Crippen molar-refractivity contribution < 1.29 is 9.18 Å². The van der Waals surface area contributed by atoms with Crippen molar-refractivity contribution in [3.8, 4) is 0 Å². The van der Waals surface area contributed by atoms with E-state index in [0.29, 0.717) is 5.56 Å². The number of anilines is 1. The summed E-state index contributed by atoms with van der Waals surface area (Å²) in [5.74, 6) is -0.794. The maximum Gasteiger partial charge on any atom is 0.258 e. The number of amides is 1. The number of aromatic nitrogens is 1. The Hall–Kier alpha value is -1.94. The molecule has 1 amide bonds. The number of nitrogens with zero attached hydrogens (tertiary/aromatic N) is 2. The summed E-state index contributed by atoms with van der Waals surface area (Å²) in [4.78, 5) is 17.2. The van der Waals surface area contributed by atoms with Crippen molar-refractivity contribution in [3.63, 3.8) is 0 Å². The van der Waals surface area contributed by atoms with Crippen molar-refractivity contribution in [2.75, 3.05) is 11.9 Å². The van der Waals surface area contributed by atoms with Crippen LogP contribution in [-0.2, 0) is 0 Å². The summed E-state index contributed by atoms with van der Waals surface area (Å²) < 4.78 is 13.6. The Bertz CT molecular complexity index is 589. The highest BCUT2D eigenvalue weighted by atomic mass is 35.5. The first-order chi connectivity index (χ1) is 8.59. The lowest BCUT2D eigenvalue weighted by molar-refractivity contribution is 0.0992. The predicted octanol–water partition coefficient (Wildman–Crippen LogP) is 3.15. The molecule has 0 atom stereocenters. The summed E-state index contributed by atoms with van der Waals surface area (Å²) in [5.41, 5.74) is 0.580. The molecule has 1 aromatic carbocycles. The molecule has 0 aliphatic carbocycles. The highest BCUT2D eigenvalue weighted by Gasteiger charge is 2.16. The molecule has 0 spiro atoms. The van der Waals surface area contributed by atoms with Crippen molar-refractivity contribution in [3.05, 3.63) is 59.1 Å². The summed E-state index contributed by atoms with van der Waals surface area (Å²) in [6, 6.07) is 9.06. The maximum atomic E-state index is 13.6. The molecule has 0 fully saturated rings. The molecule has 0 saturated carbocycles. The Labute approximate surface area is 109 Å². The minimum Gasteiger partial charge on any atom is -0.309 e. The zero-order valence-electron chi connectivity index (χ0n) is 9.60. The molecule has 0 aliphatic heterocycles. The Kier molecular flexibility index (Phi) is 3.58. The number of benzene rings is 1. The summed E-state index contributed by atoms with van der Waals surface area (Å²) in [6.07, 6.45) is 1.44. The van der Waals surface area contributed by atoms with Crippen LogP contribution < -0.4 is 4.90 Å². The molecule has 2 aromatic rings. The Balaban J connectivity index is 2.32. The van der Waals surface area contributed by atoms with Gasteiger partial charge in [0.1, 0.15) is 11.0 Å². The molecular weight excluding hydrogens is 255 g/mol. The van der Waals surface area contributed by atoms with Gasteiger partial charge in [-0.05, 0) is 24.3 Å². The van der Waals surface area contributed by atoms with E-state index in [1.165, 1.54) is 42.4 Å². The highest BCUT2D eigenvalue weighted by Crippen LogP contribution is 2.19. The molecule has 0 aliphatic rings. The van der Waals surface area contributed by atoms with E-state index in [1.807, 2.05) is 0 Å². The quantitative estimate of drug-likeness (QED) is 0.781. The van der Waals surface area contributed by atoms with Gasteiger partial charge >= 0.3 is 0 Å². The van der Waals surface area contributed by atoms with Crippen molar-refractivity contribution in [2.24, 2.45) is 0 Å². The van der Waals surface area contributed by atoms with Gasteiger partial charge in [-0.15, -0.1) is 0 Å². The largest absolute Gasteiger partial charge is 0.309 e. The highest BCUT2D eigenvalue weighted by molar-refractivity contribution is 6.29. The molecular formula is C13H10ClFN2O. The first kappa shape index (κ1) is 12.5. The van der Waals surface area contributed by atoms with Crippen LogP contribution in [-0.4, -0.2) is 17.9 Å². The molecule has 3 nitrogen and oxygen atoms in total. The smallest absolute Gasteiger partial charge is 0.258 e. The zero-order chi connectivity index (χ0) is 13.1. The fourth-order valence-corrected chi connectivity index (χ4v) is 1.74. The fourth-order valence-electron chi connectivity index (χ4n) is 1.56. The van der Waals surface area contributed by atoms with E-state index in [9.17, 15) is 9.18 Å². The van der Waals surface area contributed by atoms with Crippen LogP contribution in [0.15, 0.2) is 42.6 Å². The molecule has 0 radical (unpaired) electrons. The van der Waals surface area contributed by atoms with E-state index < -0.39 is 5.82 Å². The molecule has 5 heteroatoms. The van der Waals surface area contributed by atoms with E-state index in [2.05, 4.69) is 4.98 Å². The number of carbonyl (C=O) groups is 1. The molecule has 18 heavy (non-hydrogen) atoms. The molecule has 0 bridgehead atoms. The second-order valence-electron chi connectivity index (χ2n) is 3.68. The number of rotatable bonds is 2. The number of carbonyl (C=O) groups excluding carboxylic acids is 1. The van der Waals surface area contributed by atoms with Gasteiger partial charge in [-0.1, -0.05) is 23.7 Å². The normalized spacial score (nSPS) is 10.2. The van der Waals surface area contributed by atoms with Gasteiger partial charge in [0.15, 0.2) is 0 Å². The first-order valence-electron chi connectivity index (χ1n) is 5.24. The molecule has 92 valence electrons. The number of hydrogen-bond acceptors (Lipinski definition) is 2. The van der Waals surface area contributed by atoms with Crippen LogP contribution in [0.25, 0.3) is 0 Å². The number of hydrogen-bond donors (Lipinski definition) is 0. The first-order valence-corrected chi connectivity index (χ1v) is 5.61. The second kappa shape index (κ2) is 5.14. The van der Waals surface area contributed by atoms with Crippen molar-refractivity contribution in [1.29, 1.82) is 0 Å². The van der Waals surface area contributed by atoms with Gasteiger partial charge in [-0.25, -0.2) is 9.37 Å². The van der Waals surface area contributed by atoms with E-state index >= 15 is 0 Å². The fraction of sp³-hybridized carbons (Fsp3) is 0.0769. The predicted molar refractivity (Wildman–Crippen MR) is 68.4 cm³/mol. The standard InChI is InChI=1S/C13H10ClFN2O/c1-17(11-5-3-2-4-10(11)15)13(18)9-6-7-16-12(14)8-9/h2-8H,1H3. The average molecular weight is 265 g/mol. The lowest BCUT2D eigenvalue weighted by Gasteiger charge is -2.17. The number of halogens is 2. The molecule has 0 saturated heterocycles. The van der Waals surface area contributed by atoms with Crippen LogP contribution in [0.1, 0.15) is 10.4 Å². The SMILES string of the molecule is CN(C(=O)c1ccnc(Cl)c1)c1ccccc1F. The van der Waals surface area contributed by atoms with E-state index in [-0.39, 0.29) is 16.7 Å². The summed E-state index contributed by atoms with van der Waals surface area (Å²) in [7, 11) is 1.51. The molecule has 0 N–H and O–H groups in total. The Morgan fingerprint density at radius 1 is 1.33 bits per heavy atom. The lowest BCUT2D eigenvalue weighted by atomic mass is 10.2. The third-order valence-electron chi connectivity index (χ3n) is 2.49. The average Bonchev–Trinajstić information content (AvgIpc) is 2.37. The van der Waals surface area contributed by atoms with E-state index in [1.54, 1.807) is 12.1 Å². The van der Waals surface area contributed by atoms with Gasteiger partial charge in [0.25, 0.3) is 5.91 Å². The van der Waals surface area contributed by atoms with Crippen LogP contribution in [0.2, 0.25) is 5.15 Å². The second-order valence-corrected chi connectivity index (χ2v) is 4.07. The molecule has 1 heterocycles. The van der Waals surface area contributed by atoms with Crippen LogP contribution in [0.5, 0.6) is 0 Å². The Morgan fingerprint density at radius 3 is 2.72 bits per heavy atom.